The second kappa shape index (κ2) is 5.01. The van der Waals surface area contributed by atoms with Gasteiger partial charge < -0.3 is 5.32 Å². The van der Waals surface area contributed by atoms with Gasteiger partial charge in [-0.3, -0.25) is 14.5 Å². The van der Waals surface area contributed by atoms with Crippen LogP contribution in [0.4, 0.5) is 4.79 Å². The summed E-state index contributed by atoms with van der Waals surface area (Å²) in [7, 11) is 0. The maximum absolute atomic E-state index is 12.4. The number of hydrogen-bond acceptors (Lipinski definition) is 3. The van der Waals surface area contributed by atoms with Gasteiger partial charge in [0.2, 0.25) is 5.24 Å². The zero-order valence-electron chi connectivity index (χ0n) is 10.4. The van der Waals surface area contributed by atoms with E-state index in [1.807, 2.05) is 6.07 Å². The maximum Gasteiger partial charge on any atom is 0.325 e. The van der Waals surface area contributed by atoms with E-state index in [2.05, 4.69) is 5.32 Å². The molecule has 1 N–H and O–H groups in total. The van der Waals surface area contributed by atoms with Gasteiger partial charge in [-0.05, 0) is 23.6 Å². The summed E-state index contributed by atoms with van der Waals surface area (Å²) in [5.41, 5.74) is -0.412. The number of benzene rings is 1. The minimum atomic E-state index is -1.11. The lowest BCUT2D eigenvalue weighted by atomic mass is 9.87. The smallest absolute Gasteiger partial charge is 0.319 e. The van der Waals surface area contributed by atoms with Crippen molar-refractivity contribution in [3.63, 3.8) is 0 Å². The van der Waals surface area contributed by atoms with Gasteiger partial charge in [-0.1, -0.05) is 37.3 Å². The molecule has 0 bridgehead atoms. The number of hydrogen-bond donors (Lipinski definition) is 1. The fourth-order valence-electron chi connectivity index (χ4n) is 2.26. The summed E-state index contributed by atoms with van der Waals surface area (Å²) < 4.78 is 0. The lowest BCUT2D eigenvalue weighted by Gasteiger charge is -2.25. The van der Waals surface area contributed by atoms with E-state index in [4.69, 9.17) is 11.6 Å². The summed E-state index contributed by atoms with van der Waals surface area (Å²) >= 11 is 5.26. The van der Waals surface area contributed by atoms with Crippen molar-refractivity contribution < 1.29 is 14.4 Å². The van der Waals surface area contributed by atoms with E-state index in [1.54, 1.807) is 31.2 Å². The summed E-state index contributed by atoms with van der Waals surface area (Å²) in [5.74, 6) is -0.444. The molecule has 6 heteroatoms. The highest BCUT2D eigenvalue weighted by atomic mass is 35.5. The minimum absolute atomic E-state index is 0.397. The standard InChI is InChI=1S/C13H13ClN2O3/c1-2-13(9-6-4-3-5-7-9)11(18)16(8-10(14)17)12(19)15-13/h3-7H,2,8H2,1H3,(H,15,19)/t13-/m0/s1. The van der Waals surface area contributed by atoms with E-state index < -0.39 is 29.3 Å². The van der Waals surface area contributed by atoms with E-state index in [1.165, 1.54) is 0 Å². The van der Waals surface area contributed by atoms with Gasteiger partial charge in [0, 0.05) is 0 Å². The molecule has 19 heavy (non-hydrogen) atoms. The second-order valence-electron chi connectivity index (χ2n) is 4.30. The van der Waals surface area contributed by atoms with Crippen molar-refractivity contribution in [1.29, 1.82) is 0 Å². The average molecular weight is 281 g/mol. The molecular weight excluding hydrogens is 268 g/mol. The molecule has 1 fully saturated rings. The number of imide groups is 1. The minimum Gasteiger partial charge on any atom is -0.319 e. The third-order valence-corrected chi connectivity index (χ3v) is 3.37. The molecule has 0 saturated carbocycles. The largest absolute Gasteiger partial charge is 0.325 e. The van der Waals surface area contributed by atoms with Gasteiger partial charge in [-0.25, -0.2) is 4.79 Å². The molecule has 0 radical (unpaired) electrons. The Balaban J connectivity index is 2.41. The molecule has 1 atom stereocenters. The van der Waals surface area contributed by atoms with Crippen LogP contribution in [0.5, 0.6) is 0 Å². The Morgan fingerprint density at radius 1 is 1.32 bits per heavy atom. The molecule has 1 saturated heterocycles. The molecule has 1 aromatic rings. The van der Waals surface area contributed by atoms with Crippen molar-refractivity contribution in [3.8, 4) is 0 Å². The Bertz CT molecular complexity index is 532. The van der Waals surface area contributed by atoms with Crippen LogP contribution in [0.25, 0.3) is 0 Å². The fourth-order valence-corrected chi connectivity index (χ4v) is 2.38. The number of rotatable bonds is 4. The molecule has 0 aliphatic carbocycles. The number of carbonyl (C=O) groups is 3. The van der Waals surface area contributed by atoms with E-state index in [9.17, 15) is 14.4 Å². The number of urea groups is 1. The normalized spacial score (nSPS) is 22.5. The molecule has 3 amide bonds. The van der Waals surface area contributed by atoms with Crippen molar-refractivity contribution >= 4 is 28.8 Å². The first-order valence-electron chi connectivity index (χ1n) is 5.89. The highest BCUT2D eigenvalue weighted by Gasteiger charge is 2.51. The van der Waals surface area contributed by atoms with Crippen LogP contribution < -0.4 is 5.32 Å². The zero-order chi connectivity index (χ0) is 14.0. The van der Waals surface area contributed by atoms with E-state index in [-0.39, 0.29) is 0 Å². The highest BCUT2D eigenvalue weighted by molar-refractivity contribution is 6.64. The monoisotopic (exact) mass is 280 g/mol. The first-order chi connectivity index (χ1) is 9.01. The van der Waals surface area contributed by atoms with Gasteiger partial charge in [-0.2, -0.15) is 0 Å². The van der Waals surface area contributed by atoms with Crippen molar-refractivity contribution in [2.45, 2.75) is 18.9 Å². The molecule has 5 nitrogen and oxygen atoms in total. The molecular formula is C13H13ClN2O3. The summed E-state index contributed by atoms with van der Waals surface area (Å²) in [4.78, 5) is 36.1. The third-order valence-electron chi connectivity index (χ3n) is 3.26. The molecule has 0 aromatic heterocycles. The second-order valence-corrected chi connectivity index (χ2v) is 4.72. The van der Waals surface area contributed by atoms with Crippen LogP contribution in [0.3, 0.4) is 0 Å². The van der Waals surface area contributed by atoms with E-state index >= 15 is 0 Å². The van der Waals surface area contributed by atoms with Crippen LogP contribution >= 0.6 is 11.6 Å². The van der Waals surface area contributed by atoms with Crippen molar-refractivity contribution in [2.75, 3.05) is 6.54 Å². The van der Waals surface area contributed by atoms with E-state index in [0.717, 1.165) is 4.90 Å². The van der Waals surface area contributed by atoms with Crippen LogP contribution in [0.2, 0.25) is 0 Å². The Morgan fingerprint density at radius 3 is 2.47 bits per heavy atom. The van der Waals surface area contributed by atoms with Crippen LogP contribution in [0, 0.1) is 0 Å². The topological polar surface area (TPSA) is 66.5 Å². The quantitative estimate of drug-likeness (QED) is 0.673. The van der Waals surface area contributed by atoms with Gasteiger partial charge in [0.1, 0.15) is 12.1 Å². The fraction of sp³-hybridized carbons (Fsp3) is 0.308. The van der Waals surface area contributed by atoms with Gasteiger partial charge in [0.25, 0.3) is 5.91 Å². The first kappa shape index (κ1) is 13.5. The molecule has 2 rings (SSSR count). The van der Waals surface area contributed by atoms with Gasteiger partial charge in [0.05, 0.1) is 0 Å². The summed E-state index contributed by atoms with van der Waals surface area (Å²) in [5, 5.41) is 1.92. The van der Waals surface area contributed by atoms with Crippen LogP contribution in [0.1, 0.15) is 18.9 Å². The number of nitrogens with one attached hydrogen (secondary N) is 1. The molecule has 1 aliphatic rings. The van der Waals surface area contributed by atoms with Gasteiger partial charge >= 0.3 is 6.03 Å². The summed E-state index contributed by atoms with van der Waals surface area (Å²) in [6.07, 6.45) is 0.397. The third kappa shape index (κ3) is 2.21. The SMILES string of the molecule is CC[C@@]1(c2ccccc2)NC(=O)N(CC(=O)Cl)C1=O. The predicted octanol–water partition coefficient (Wildman–Crippen LogP) is 1.61. The maximum atomic E-state index is 12.4. The highest BCUT2D eigenvalue weighted by Crippen LogP contribution is 2.32. The van der Waals surface area contributed by atoms with Gasteiger partial charge in [0.15, 0.2) is 0 Å². The first-order valence-corrected chi connectivity index (χ1v) is 6.27. The molecule has 0 unspecified atom stereocenters. The van der Waals surface area contributed by atoms with Crippen molar-refractivity contribution in [3.05, 3.63) is 35.9 Å². The van der Waals surface area contributed by atoms with Crippen LogP contribution in [0.15, 0.2) is 30.3 Å². The Morgan fingerprint density at radius 2 is 1.95 bits per heavy atom. The molecule has 100 valence electrons. The number of carbonyl (C=O) groups excluding carboxylic acids is 3. The molecule has 1 aliphatic heterocycles. The molecule has 0 spiro atoms. The summed E-state index contributed by atoms with van der Waals surface area (Å²) in [6, 6.07) is 8.36. The zero-order valence-corrected chi connectivity index (χ0v) is 11.1. The molecule has 1 heterocycles. The average Bonchev–Trinajstić information content (AvgIpc) is 2.64. The Hall–Kier alpha value is -1.88. The Labute approximate surface area is 115 Å². The number of halogens is 1. The lowest BCUT2D eigenvalue weighted by molar-refractivity contribution is -0.133. The van der Waals surface area contributed by atoms with Crippen LogP contribution in [-0.2, 0) is 15.1 Å². The number of amides is 3. The van der Waals surface area contributed by atoms with E-state index in [0.29, 0.717) is 12.0 Å². The summed E-state index contributed by atoms with van der Waals surface area (Å²) in [6.45, 7) is 1.39. The predicted molar refractivity (Wildman–Crippen MR) is 69.5 cm³/mol. The number of nitrogens with zero attached hydrogens (tertiary/aromatic N) is 1. The lowest BCUT2D eigenvalue weighted by Crippen LogP contribution is -2.43. The van der Waals surface area contributed by atoms with Crippen molar-refractivity contribution in [1.82, 2.24) is 10.2 Å². The Kier molecular flexibility index (Phi) is 3.57. The van der Waals surface area contributed by atoms with Crippen LogP contribution in [-0.4, -0.2) is 28.6 Å². The van der Waals surface area contributed by atoms with Gasteiger partial charge in [-0.15, -0.1) is 0 Å². The van der Waals surface area contributed by atoms with Crippen molar-refractivity contribution in [2.24, 2.45) is 0 Å². The molecule has 1 aromatic carbocycles.